The third kappa shape index (κ3) is 5.07. The number of nitrogens with zero attached hydrogens (tertiary/aromatic N) is 1. The number of hydrogen-bond donors (Lipinski definition) is 2. The highest BCUT2D eigenvalue weighted by Crippen LogP contribution is 2.32. The number of carbonyl (C=O) groups is 2. The number of rotatable bonds is 4. The van der Waals surface area contributed by atoms with Gasteiger partial charge in [0.25, 0.3) is 0 Å². The molecule has 1 unspecified atom stereocenters. The lowest BCUT2D eigenvalue weighted by Gasteiger charge is -2.35. The largest absolute Gasteiger partial charge is 0.466 e. The average molecular weight is 390 g/mol. The predicted molar refractivity (Wildman–Crippen MR) is 110 cm³/mol. The van der Waals surface area contributed by atoms with Gasteiger partial charge in [0.2, 0.25) is 5.91 Å². The van der Waals surface area contributed by atoms with Gasteiger partial charge in [0.15, 0.2) is 5.11 Å². The molecule has 0 saturated carbocycles. The molecule has 0 saturated heterocycles. The van der Waals surface area contributed by atoms with E-state index in [0.717, 1.165) is 11.3 Å². The van der Waals surface area contributed by atoms with E-state index in [4.69, 9.17) is 17.0 Å². The quantitative estimate of drug-likeness (QED) is 0.608. The van der Waals surface area contributed by atoms with Crippen LogP contribution in [-0.2, 0) is 14.3 Å². The normalized spacial score (nSPS) is 17.5. The second kappa shape index (κ2) is 8.08. The standard InChI is InChI=1S/C20H27N3O3S/c1-12-16(18(25)26-6)17(22-19(27)23(12)5)13-8-7-9-14(10-13)21-15(24)11-20(2,3)4/h7-10,17H,11H2,1-6H3,(H,21,24)(H,22,27). The van der Waals surface area contributed by atoms with E-state index in [1.807, 2.05) is 52.0 Å². The molecular formula is C20H27N3O3S. The smallest absolute Gasteiger partial charge is 0.337 e. The Bertz CT molecular complexity index is 796. The topological polar surface area (TPSA) is 70.7 Å². The number of thiocarbonyl (C=S) groups is 1. The molecule has 1 heterocycles. The van der Waals surface area contributed by atoms with Crippen LogP contribution in [0.5, 0.6) is 0 Å². The van der Waals surface area contributed by atoms with E-state index >= 15 is 0 Å². The van der Waals surface area contributed by atoms with Gasteiger partial charge in [-0.3, -0.25) is 4.79 Å². The zero-order valence-electron chi connectivity index (χ0n) is 16.7. The monoisotopic (exact) mass is 389 g/mol. The lowest BCUT2D eigenvalue weighted by Crippen LogP contribution is -2.46. The van der Waals surface area contributed by atoms with Crippen molar-refractivity contribution in [2.24, 2.45) is 5.41 Å². The first kappa shape index (κ1) is 20.9. The van der Waals surface area contributed by atoms with Gasteiger partial charge in [-0.15, -0.1) is 0 Å². The molecule has 1 aliphatic heterocycles. The van der Waals surface area contributed by atoms with Crippen LogP contribution >= 0.6 is 12.2 Å². The summed E-state index contributed by atoms with van der Waals surface area (Å²) >= 11 is 5.38. The first-order valence-corrected chi connectivity index (χ1v) is 9.17. The van der Waals surface area contributed by atoms with Crippen molar-refractivity contribution in [2.45, 2.75) is 40.2 Å². The summed E-state index contributed by atoms with van der Waals surface area (Å²) in [7, 11) is 3.16. The molecule has 0 spiro atoms. The Hall–Kier alpha value is -2.41. The van der Waals surface area contributed by atoms with Crippen molar-refractivity contribution in [3.05, 3.63) is 41.1 Å². The number of ether oxygens (including phenoxy) is 1. The lowest BCUT2D eigenvalue weighted by molar-refractivity contribution is -0.136. The van der Waals surface area contributed by atoms with Crippen LogP contribution in [0.1, 0.15) is 45.7 Å². The maximum absolute atomic E-state index is 12.4. The van der Waals surface area contributed by atoms with Crippen LogP contribution < -0.4 is 10.6 Å². The van der Waals surface area contributed by atoms with Crippen LogP contribution in [0.2, 0.25) is 0 Å². The Kier molecular flexibility index (Phi) is 6.26. The first-order chi connectivity index (χ1) is 12.5. The van der Waals surface area contributed by atoms with Crippen molar-refractivity contribution in [1.82, 2.24) is 10.2 Å². The van der Waals surface area contributed by atoms with E-state index in [9.17, 15) is 9.59 Å². The van der Waals surface area contributed by atoms with Gasteiger partial charge < -0.3 is 20.3 Å². The third-order valence-corrected chi connectivity index (χ3v) is 4.75. The van der Waals surface area contributed by atoms with Gasteiger partial charge in [-0.05, 0) is 42.3 Å². The van der Waals surface area contributed by atoms with Crippen molar-refractivity contribution < 1.29 is 14.3 Å². The summed E-state index contributed by atoms with van der Waals surface area (Å²) in [6, 6.07) is 6.96. The van der Waals surface area contributed by atoms with E-state index in [1.54, 1.807) is 11.9 Å². The molecule has 0 aromatic heterocycles. The minimum absolute atomic E-state index is 0.0496. The summed E-state index contributed by atoms with van der Waals surface area (Å²) in [5.74, 6) is -0.465. The minimum Gasteiger partial charge on any atom is -0.466 e. The maximum Gasteiger partial charge on any atom is 0.337 e. The number of allylic oxidation sites excluding steroid dienone is 1. The second-order valence-corrected chi connectivity index (χ2v) is 8.23. The van der Waals surface area contributed by atoms with Crippen LogP contribution in [0.25, 0.3) is 0 Å². The molecular weight excluding hydrogens is 362 g/mol. The van der Waals surface area contributed by atoms with Crippen LogP contribution in [-0.4, -0.2) is 36.0 Å². The Morgan fingerprint density at radius 3 is 2.59 bits per heavy atom. The zero-order valence-corrected chi connectivity index (χ0v) is 17.5. The van der Waals surface area contributed by atoms with Crippen molar-refractivity contribution >= 4 is 34.9 Å². The number of methoxy groups -OCH3 is 1. The molecule has 1 aromatic carbocycles. The average Bonchev–Trinajstić information content (AvgIpc) is 2.57. The highest BCUT2D eigenvalue weighted by Gasteiger charge is 2.33. The van der Waals surface area contributed by atoms with Gasteiger partial charge in [0.1, 0.15) is 0 Å². The van der Waals surface area contributed by atoms with Gasteiger partial charge in [-0.1, -0.05) is 32.9 Å². The minimum atomic E-state index is -0.444. The molecule has 1 aliphatic rings. The summed E-state index contributed by atoms with van der Waals surface area (Å²) in [5, 5.41) is 6.63. The maximum atomic E-state index is 12.4. The number of amides is 1. The van der Waals surface area contributed by atoms with E-state index < -0.39 is 12.0 Å². The molecule has 0 aliphatic carbocycles. The molecule has 2 rings (SSSR count). The SMILES string of the molecule is COC(=O)C1=C(C)N(C)C(=S)NC1c1cccc(NC(=O)CC(C)(C)C)c1. The van der Waals surface area contributed by atoms with Crippen LogP contribution in [0.15, 0.2) is 35.5 Å². The Morgan fingerprint density at radius 1 is 1.33 bits per heavy atom. The molecule has 1 aromatic rings. The van der Waals surface area contributed by atoms with E-state index in [0.29, 0.717) is 22.8 Å². The van der Waals surface area contributed by atoms with Crippen LogP contribution in [0, 0.1) is 5.41 Å². The predicted octanol–water partition coefficient (Wildman–Crippen LogP) is 3.37. The highest BCUT2D eigenvalue weighted by molar-refractivity contribution is 7.80. The van der Waals surface area contributed by atoms with Crippen molar-refractivity contribution in [2.75, 3.05) is 19.5 Å². The second-order valence-electron chi connectivity index (χ2n) is 7.84. The molecule has 6 nitrogen and oxygen atoms in total. The third-order valence-electron chi connectivity index (χ3n) is 4.35. The number of hydrogen-bond acceptors (Lipinski definition) is 4. The zero-order chi connectivity index (χ0) is 20.4. The molecule has 1 atom stereocenters. The van der Waals surface area contributed by atoms with Crippen molar-refractivity contribution in [3.8, 4) is 0 Å². The fraction of sp³-hybridized carbons (Fsp3) is 0.450. The van der Waals surface area contributed by atoms with Crippen LogP contribution in [0.3, 0.4) is 0 Å². The summed E-state index contributed by atoms with van der Waals surface area (Å²) in [6.07, 6.45) is 0.417. The molecule has 0 fully saturated rings. The van der Waals surface area contributed by atoms with Gasteiger partial charge in [0, 0.05) is 24.9 Å². The molecule has 2 N–H and O–H groups in total. The molecule has 1 amide bonds. The van der Waals surface area contributed by atoms with Crippen LogP contribution in [0.4, 0.5) is 5.69 Å². The molecule has 146 valence electrons. The number of anilines is 1. The van der Waals surface area contributed by atoms with Gasteiger partial charge in [0.05, 0.1) is 18.7 Å². The van der Waals surface area contributed by atoms with E-state index in [-0.39, 0.29) is 11.3 Å². The molecule has 0 bridgehead atoms. The van der Waals surface area contributed by atoms with E-state index in [2.05, 4.69) is 10.6 Å². The number of esters is 1. The summed E-state index contributed by atoms with van der Waals surface area (Å²) in [4.78, 5) is 26.4. The van der Waals surface area contributed by atoms with Crippen molar-refractivity contribution in [1.29, 1.82) is 0 Å². The number of nitrogens with one attached hydrogen (secondary N) is 2. The highest BCUT2D eigenvalue weighted by atomic mass is 32.1. The molecule has 7 heteroatoms. The summed E-state index contributed by atoms with van der Waals surface area (Å²) in [6.45, 7) is 7.88. The fourth-order valence-corrected chi connectivity index (χ4v) is 3.20. The lowest BCUT2D eigenvalue weighted by atomic mass is 9.92. The molecule has 27 heavy (non-hydrogen) atoms. The summed E-state index contributed by atoms with van der Waals surface area (Å²) < 4.78 is 4.97. The first-order valence-electron chi connectivity index (χ1n) is 8.76. The Morgan fingerprint density at radius 2 is 2.00 bits per heavy atom. The number of carbonyl (C=O) groups excluding carboxylic acids is 2. The Balaban J connectivity index is 2.35. The Labute approximate surface area is 166 Å². The van der Waals surface area contributed by atoms with Gasteiger partial charge in [-0.2, -0.15) is 0 Å². The number of benzene rings is 1. The van der Waals surface area contributed by atoms with Gasteiger partial charge in [-0.25, -0.2) is 4.79 Å². The van der Waals surface area contributed by atoms with Crippen molar-refractivity contribution in [3.63, 3.8) is 0 Å². The summed E-state index contributed by atoms with van der Waals surface area (Å²) in [5.41, 5.74) is 2.62. The van der Waals surface area contributed by atoms with E-state index in [1.165, 1.54) is 7.11 Å². The molecule has 0 radical (unpaired) electrons. The fourth-order valence-electron chi connectivity index (χ4n) is 2.94. The van der Waals surface area contributed by atoms with Gasteiger partial charge >= 0.3 is 5.97 Å².